The van der Waals surface area contributed by atoms with Crippen molar-refractivity contribution in [1.82, 2.24) is 14.4 Å². The average Bonchev–Trinajstić information content (AvgIpc) is 2.84. The lowest BCUT2D eigenvalue weighted by atomic mass is 10.1. The molecule has 0 spiro atoms. The number of H-pyrrole nitrogens is 1. The van der Waals surface area contributed by atoms with Gasteiger partial charge >= 0.3 is 5.97 Å². The number of aliphatic carboxylic acids is 1. The molecule has 3 aromatic rings. The maximum absolute atomic E-state index is 10.7. The lowest BCUT2D eigenvalue weighted by molar-refractivity contribution is -0.136. The van der Waals surface area contributed by atoms with Gasteiger partial charge in [-0.15, -0.1) is 0 Å². The molecule has 2 heterocycles. The average molecular weight is 243 g/mol. The molecule has 0 atom stereocenters. The lowest BCUT2D eigenvalue weighted by Crippen LogP contribution is -1.99. The highest BCUT2D eigenvalue weighted by atomic mass is 16.4. The number of carboxylic acids is 1. The smallest absolute Gasteiger partial charge is 0.309 e. The van der Waals surface area contributed by atoms with Gasteiger partial charge in [0.05, 0.1) is 17.5 Å². The van der Waals surface area contributed by atoms with E-state index in [2.05, 4.69) is 29.0 Å². The van der Waals surface area contributed by atoms with E-state index in [1.165, 1.54) is 5.56 Å². The Kier molecular flexibility index (Phi) is 2.33. The van der Waals surface area contributed by atoms with Crippen molar-refractivity contribution in [2.24, 2.45) is 0 Å². The van der Waals surface area contributed by atoms with E-state index in [1.54, 1.807) is 6.20 Å². The van der Waals surface area contributed by atoms with Crippen LogP contribution in [0.1, 0.15) is 18.2 Å². The molecule has 1 aromatic carbocycles. The molecule has 18 heavy (non-hydrogen) atoms. The second-order valence-corrected chi connectivity index (χ2v) is 4.33. The first-order valence-corrected chi connectivity index (χ1v) is 5.87. The van der Waals surface area contributed by atoms with Crippen LogP contribution in [0.5, 0.6) is 0 Å². The fraction of sp³-hybridized carbons (Fsp3) is 0.231. The van der Waals surface area contributed by atoms with E-state index >= 15 is 0 Å². The maximum Gasteiger partial charge on any atom is 0.309 e. The molecule has 3 rings (SSSR count). The third kappa shape index (κ3) is 1.64. The Labute approximate surface area is 103 Å². The molecule has 2 N–H and O–H groups in total. The molecule has 0 aliphatic heterocycles. The van der Waals surface area contributed by atoms with Crippen LogP contribution in [0.2, 0.25) is 0 Å². The third-order valence-corrected chi connectivity index (χ3v) is 3.06. The van der Waals surface area contributed by atoms with Crippen LogP contribution in [-0.2, 0) is 17.6 Å². The summed E-state index contributed by atoms with van der Waals surface area (Å²) in [7, 11) is 0. The van der Waals surface area contributed by atoms with E-state index in [0.717, 1.165) is 17.5 Å². The minimum absolute atomic E-state index is 0.0156. The Bertz CT molecular complexity index is 739. The Morgan fingerprint density at radius 1 is 1.50 bits per heavy atom. The molecule has 0 bridgehead atoms. The van der Waals surface area contributed by atoms with Gasteiger partial charge in [-0.25, -0.2) is 4.98 Å². The zero-order valence-corrected chi connectivity index (χ0v) is 9.97. The molecule has 0 saturated carbocycles. The number of aromatic amines is 1. The number of carbonyl (C=O) groups is 1. The normalized spacial score (nSPS) is 11.4. The predicted octanol–water partition coefficient (Wildman–Crippen LogP) is 2.01. The largest absolute Gasteiger partial charge is 0.481 e. The summed E-state index contributed by atoms with van der Waals surface area (Å²) in [6.45, 7) is 2.10. The fourth-order valence-electron chi connectivity index (χ4n) is 2.16. The van der Waals surface area contributed by atoms with Crippen molar-refractivity contribution in [2.45, 2.75) is 19.8 Å². The van der Waals surface area contributed by atoms with Crippen molar-refractivity contribution in [3.8, 4) is 0 Å². The summed E-state index contributed by atoms with van der Waals surface area (Å²) in [4.78, 5) is 18.1. The van der Waals surface area contributed by atoms with E-state index in [0.29, 0.717) is 11.5 Å². The number of benzene rings is 1. The van der Waals surface area contributed by atoms with Crippen LogP contribution in [0.4, 0.5) is 0 Å². The molecule has 0 radical (unpaired) electrons. The molecule has 5 heteroatoms. The number of aryl methyl sites for hydroxylation is 1. The summed E-state index contributed by atoms with van der Waals surface area (Å²) in [6.07, 6.45) is 2.76. The first-order chi connectivity index (χ1) is 8.67. The molecule has 0 saturated heterocycles. The van der Waals surface area contributed by atoms with E-state index in [-0.39, 0.29) is 6.42 Å². The molecular formula is C13H13N3O2. The second kappa shape index (κ2) is 3.87. The van der Waals surface area contributed by atoms with Crippen LogP contribution in [0, 0.1) is 0 Å². The van der Waals surface area contributed by atoms with Crippen molar-refractivity contribution >= 4 is 22.8 Å². The zero-order chi connectivity index (χ0) is 12.7. The van der Waals surface area contributed by atoms with Gasteiger partial charge in [0.1, 0.15) is 0 Å². The standard InChI is InChI=1S/C13H13N3O2/c1-2-8-3-4-10-11(5-8)16-7-9(6-12(17)18)14-13(16)15-10/h3-5,7H,2,6H2,1H3,(H,14,15)(H,17,18). The number of hydrogen-bond donors (Lipinski definition) is 2. The Morgan fingerprint density at radius 2 is 2.33 bits per heavy atom. The summed E-state index contributed by atoms with van der Waals surface area (Å²) in [6, 6.07) is 6.15. The maximum atomic E-state index is 10.7. The fourth-order valence-corrected chi connectivity index (χ4v) is 2.16. The monoisotopic (exact) mass is 243 g/mol. The number of nitrogens with one attached hydrogen (secondary N) is 1. The number of hydrogen-bond acceptors (Lipinski definition) is 2. The van der Waals surface area contributed by atoms with Crippen molar-refractivity contribution < 1.29 is 9.90 Å². The molecule has 0 aliphatic carbocycles. The Morgan fingerprint density at radius 3 is 3.06 bits per heavy atom. The van der Waals surface area contributed by atoms with Gasteiger partial charge in [0.25, 0.3) is 0 Å². The zero-order valence-electron chi connectivity index (χ0n) is 9.97. The van der Waals surface area contributed by atoms with Crippen LogP contribution in [0.15, 0.2) is 24.4 Å². The predicted molar refractivity (Wildman–Crippen MR) is 67.8 cm³/mol. The summed E-state index contributed by atoms with van der Waals surface area (Å²) < 4.78 is 1.91. The number of carboxylic acid groups (broad SMARTS) is 1. The van der Waals surface area contributed by atoms with Gasteiger partial charge in [0.2, 0.25) is 5.78 Å². The number of aromatic nitrogens is 3. The van der Waals surface area contributed by atoms with Crippen molar-refractivity contribution in [1.29, 1.82) is 0 Å². The van der Waals surface area contributed by atoms with Crippen LogP contribution >= 0.6 is 0 Å². The van der Waals surface area contributed by atoms with Gasteiger partial charge in [-0.3, -0.25) is 9.20 Å². The number of imidazole rings is 2. The van der Waals surface area contributed by atoms with E-state index < -0.39 is 5.97 Å². The molecule has 2 aromatic heterocycles. The Balaban J connectivity index is 2.19. The molecule has 0 unspecified atom stereocenters. The van der Waals surface area contributed by atoms with E-state index in [1.807, 2.05) is 10.5 Å². The summed E-state index contributed by atoms with van der Waals surface area (Å²) in [5, 5.41) is 8.78. The van der Waals surface area contributed by atoms with Crippen molar-refractivity contribution in [3.05, 3.63) is 35.7 Å². The van der Waals surface area contributed by atoms with Gasteiger partial charge in [0, 0.05) is 11.9 Å². The topological polar surface area (TPSA) is 70.4 Å². The number of rotatable bonds is 3. The quantitative estimate of drug-likeness (QED) is 0.739. The highest BCUT2D eigenvalue weighted by Crippen LogP contribution is 2.19. The lowest BCUT2D eigenvalue weighted by Gasteiger charge is -1.96. The van der Waals surface area contributed by atoms with E-state index in [9.17, 15) is 4.79 Å². The molecule has 0 aliphatic rings. The SMILES string of the molecule is CCc1ccc2nc3[nH]c(CC(=O)O)cn3c2c1. The first-order valence-electron chi connectivity index (χ1n) is 5.87. The van der Waals surface area contributed by atoms with E-state index in [4.69, 9.17) is 5.11 Å². The van der Waals surface area contributed by atoms with Gasteiger partial charge in [-0.1, -0.05) is 13.0 Å². The minimum Gasteiger partial charge on any atom is -0.481 e. The van der Waals surface area contributed by atoms with Gasteiger partial charge in [-0.05, 0) is 24.1 Å². The molecule has 5 nitrogen and oxygen atoms in total. The minimum atomic E-state index is -0.849. The molecule has 0 fully saturated rings. The van der Waals surface area contributed by atoms with Gasteiger partial charge in [-0.2, -0.15) is 0 Å². The summed E-state index contributed by atoms with van der Waals surface area (Å²) in [5.41, 5.74) is 3.83. The summed E-state index contributed by atoms with van der Waals surface area (Å²) >= 11 is 0. The van der Waals surface area contributed by atoms with Crippen molar-refractivity contribution in [2.75, 3.05) is 0 Å². The van der Waals surface area contributed by atoms with Crippen molar-refractivity contribution in [3.63, 3.8) is 0 Å². The highest BCUT2D eigenvalue weighted by molar-refractivity contribution is 5.80. The van der Waals surface area contributed by atoms with Crippen LogP contribution in [0.3, 0.4) is 0 Å². The number of fused-ring (bicyclic) bond motifs is 3. The Hall–Kier alpha value is -2.30. The second-order valence-electron chi connectivity index (χ2n) is 4.33. The third-order valence-electron chi connectivity index (χ3n) is 3.06. The van der Waals surface area contributed by atoms with Crippen LogP contribution < -0.4 is 0 Å². The molecular weight excluding hydrogens is 230 g/mol. The van der Waals surface area contributed by atoms with Crippen LogP contribution in [-0.4, -0.2) is 25.4 Å². The molecule has 0 amide bonds. The molecule has 92 valence electrons. The number of nitrogens with zero attached hydrogens (tertiary/aromatic N) is 2. The van der Waals surface area contributed by atoms with Crippen LogP contribution in [0.25, 0.3) is 16.8 Å². The van der Waals surface area contributed by atoms with Gasteiger partial charge in [0.15, 0.2) is 0 Å². The van der Waals surface area contributed by atoms with Gasteiger partial charge < -0.3 is 10.1 Å². The highest BCUT2D eigenvalue weighted by Gasteiger charge is 2.10. The summed E-state index contributed by atoms with van der Waals surface area (Å²) in [5.74, 6) is -0.160. The first kappa shape index (κ1) is 10.8.